The standard InChI is InChI=1S/C15H20N2O/c1-10-4-5-11(2)13(8-10)9-14(17-16)15-12(3)6-7-18-15/h4-8,14,17H,9,16H2,1-3H3. The van der Waals surface area contributed by atoms with Gasteiger partial charge < -0.3 is 4.42 Å². The third-order valence-corrected chi connectivity index (χ3v) is 3.35. The molecule has 0 bridgehead atoms. The Morgan fingerprint density at radius 3 is 2.56 bits per heavy atom. The lowest BCUT2D eigenvalue weighted by molar-refractivity contribution is 0.413. The zero-order valence-electron chi connectivity index (χ0n) is 11.2. The number of nitrogens with two attached hydrogens (primary N) is 1. The minimum atomic E-state index is 0.0144. The zero-order valence-corrected chi connectivity index (χ0v) is 11.2. The van der Waals surface area contributed by atoms with Crippen LogP contribution in [0, 0.1) is 20.8 Å². The highest BCUT2D eigenvalue weighted by molar-refractivity contribution is 5.32. The van der Waals surface area contributed by atoms with Gasteiger partial charge in [-0.3, -0.25) is 5.84 Å². The maximum absolute atomic E-state index is 5.66. The van der Waals surface area contributed by atoms with Crippen molar-refractivity contribution in [2.24, 2.45) is 5.84 Å². The van der Waals surface area contributed by atoms with Crippen molar-refractivity contribution in [2.75, 3.05) is 0 Å². The first-order valence-electron chi connectivity index (χ1n) is 6.18. The van der Waals surface area contributed by atoms with Crippen LogP contribution < -0.4 is 11.3 Å². The highest BCUT2D eigenvalue weighted by atomic mass is 16.3. The number of rotatable bonds is 4. The highest BCUT2D eigenvalue weighted by Gasteiger charge is 2.17. The van der Waals surface area contributed by atoms with Crippen molar-refractivity contribution in [2.45, 2.75) is 33.2 Å². The zero-order chi connectivity index (χ0) is 13.1. The second-order valence-electron chi connectivity index (χ2n) is 4.82. The molecule has 2 aromatic rings. The van der Waals surface area contributed by atoms with Crippen molar-refractivity contribution in [3.8, 4) is 0 Å². The Balaban J connectivity index is 2.26. The van der Waals surface area contributed by atoms with Crippen LogP contribution in [-0.4, -0.2) is 0 Å². The third kappa shape index (κ3) is 2.63. The lowest BCUT2D eigenvalue weighted by atomic mass is 9.97. The summed E-state index contributed by atoms with van der Waals surface area (Å²) >= 11 is 0. The summed E-state index contributed by atoms with van der Waals surface area (Å²) in [6.45, 7) is 6.26. The molecule has 0 saturated heterocycles. The normalized spacial score (nSPS) is 12.7. The summed E-state index contributed by atoms with van der Waals surface area (Å²) in [7, 11) is 0. The van der Waals surface area contributed by atoms with Crippen molar-refractivity contribution in [3.63, 3.8) is 0 Å². The molecule has 18 heavy (non-hydrogen) atoms. The molecule has 1 heterocycles. The van der Waals surface area contributed by atoms with Crippen LogP contribution in [0.4, 0.5) is 0 Å². The van der Waals surface area contributed by atoms with Gasteiger partial charge in [0.1, 0.15) is 5.76 Å². The first kappa shape index (κ1) is 12.9. The van der Waals surface area contributed by atoms with Gasteiger partial charge in [0.25, 0.3) is 0 Å². The van der Waals surface area contributed by atoms with E-state index in [9.17, 15) is 0 Å². The number of hydrazine groups is 1. The minimum absolute atomic E-state index is 0.0144. The molecule has 0 fully saturated rings. The van der Waals surface area contributed by atoms with Gasteiger partial charge in [0.05, 0.1) is 12.3 Å². The Kier molecular flexibility index (Phi) is 3.84. The first-order chi connectivity index (χ1) is 8.61. The van der Waals surface area contributed by atoms with E-state index in [2.05, 4.69) is 37.5 Å². The number of nitrogens with one attached hydrogen (secondary N) is 1. The number of benzene rings is 1. The molecule has 3 nitrogen and oxygen atoms in total. The number of furan rings is 1. The Morgan fingerprint density at radius 1 is 1.17 bits per heavy atom. The molecule has 0 aliphatic carbocycles. The summed E-state index contributed by atoms with van der Waals surface area (Å²) in [5.41, 5.74) is 7.82. The Morgan fingerprint density at radius 2 is 1.94 bits per heavy atom. The molecule has 96 valence electrons. The second kappa shape index (κ2) is 5.38. The van der Waals surface area contributed by atoms with Crippen LogP contribution in [0.25, 0.3) is 0 Å². The fourth-order valence-corrected chi connectivity index (χ4v) is 2.21. The monoisotopic (exact) mass is 244 g/mol. The van der Waals surface area contributed by atoms with E-state index in [1.165, 1.54) is 16.7 Å². The molecule has 0 amide bonds. The summed E-state index contributed by atoms with van der Waals surface area (Å²) in [6, 6.07) is 8.45. The van der Waals surface area contributed by atoms with Gasteiger partial charge in [-0.05, 0) is 49.9 Å². The van der Waals surface area contributed by atoms with Crippen LogP contribution in [-0.2, 0) is 6.42 Å². The molecule has 1 atom stereocenters. The van der Waals surface area contributed by atoms with E-state index in [-0.39, 0.29) is 6.04 Å². The van der Waals surface area contributed by atoms with Gasteiger partial charge in [-0.15, -0.1) is 0 Å². The fraction of sp³-hybridized carbons (Fsp3) is 0.333. The van der Waals surface area contributed by atoms with Crippen LogP contribution >= 0.6 is 0 Å². The molecule has 2 rings (SSSR count). The van der Waals surface area contributed by atoms with Crippen LogP contribution in [0.3, 0.4) is 0 Å². The van der Waals surface area contributed by atoms with E-state index >= 15 is 0 Å². The predicted octanol–water partition coefficient (Wildman–Crippen LogP) is 2.95. The molecule has 1 unspecified atom stereocenters. The smallest absolute Gasteiger partial charge is 0.125 e. The average Bonchev–Trinajstić information content (AvgIpc) is 2.77. The van der Waals surface area contributed by atoms with E-state index in [1.54, 1.807) is 6.26 Å². The molecular weight excluding hydrogens is 224 g/mol. The third-order valence-electron chi connectivity index (χ3n) is 3.35. The van der Waals surface area contributed by atoms with E-state index in [1.807, 2.05) is 13.0 Å². The van der Waals surface area contributed by atoms with Gasteiger partial charge in [-0.2, -0.15) is 0 Å². The topological polar surface area (TPSA) is 51.2 Å². The lowest BCUT2D eigenvalue weighted by Gasteiger charge is -2.16. The number of aryl methyl sites for hydroxylation is 3. The van der Waals surface area contributed by atoms with E-state index in [0.717, 1.165) is 17.7 Å². The summed E-state index contributed by atoms with van der Waals surface area (Å²) in [5, 5.41) is 0. The van der Waals surface area contributed by atoms with Gasteiger partial charge in [0.2, 0.25) is 0 Å². The molecule has 3 N–H and O–H groups in total. The summed E-state index contributed by atoms with van der Waals surface area (Å²) in [5.74, 6) is 6.57. The van der Waals surface area contributed by atoms with E-state index in [0.29, 0.717) is 0 Å². The first-order valence-corrected chi connectivity index (χ1v) is 6.18. The van der Waals surface area contributed by atoms with Crippen LogP contribution in [0.2, 0.25) is 0 Å². The molecule has 0 radical (unpaired) electrons. The van der Waals surface area contributed by atoms with Crippen LogP contribution in [0.1, 0.15) is 34.1 Å². The molecular formula is C15H20N2O. The number of hydrogen-bond acceptors (Lipinski definition) is 3. The largest absolute Gasteiger partial charge is 0.467 e. The summed E-state index contributed by atoms with van der Waals surface area (Å²) in [4.78, 5) is 0. The Hall–Kier alpha value is -1.58. The quantitative estimate of drug-likeness (QED) is 0.642. The second-order valence-corrected chi connectivity index (χ2v) is 4.82. The summed E-state index contributed by atoms with van der Waals surface area (Å²) < 4.78 is 5.52. The van der Waals surface area contributed by atoms with Crippen LogP contribution in [0.5, 0.6) is 0 Å². The van der Waals surface area contributed by atoms with Gasteiger partial charge >= 0.3 is 0 Å². The Bertz CT molecular complexity index is 531. The van der Waals surface area contributed by atoms with E-state index < -0.39 is 0 Å². The maximum atomic E-state index is 5.66. The molecule has 3 heteroatoms. The molecule has 1 aromatic heterocycles. The predicted molar refractivity (Wildman–Crippen MR) is 73.1 cm³/mol. The fourth-order valence-electron chi connectivity index (χ4n) is 2.21. The highest BCUT2D eigenvalue weighted by Crippen LogP contribution is 2.23. The average molecular weight is 244 g/mol. The van der Waals surface area contributed by atoms with Crippen molar-refractivity contribution < 1.29 is 4.42 Å². The molecule has 0 aliphatic rings. The number of hydrogen-bond donors (Lipinski definition) is 2. The minimum Gasteiger partial charge on any atom is -0.467 e. The lowest BCUT2D eigenvalue weighted by Crippen LogP contribution is -2.30. The van der Waals surface area contributed by atoms with Gasteiger partial charge in [0.15, 0.2) is 0 Å². The molecule has 0 spiro atoms. The van der Waals surface area contributed by atoms with Crippen molar-refractivity contribution in [1.82, 2.24) is 5.43 Å². The molecule has 0 saturated carbocycles. The SMILES string of the molecule is Cc1ccc(C)c(CC(NN)c2occc2C)c1. The van der Waals surface area contributed by atoms with Crippen molar-refractivity contribution in [3.05, 3.63) is 58.5 Å². The van der Waals surface area contributed by atoms with Crippen molar-refractivity contribution in [1.29, 1.82) is 0 Å². The van der Waals surface area contributed by atoms with E-state index in [4.69, 9.17) is 10.3 Å². The van der Waals surface area contributed by atoms with Gasteiger partial charge in [-0.25, -0.2) is 5.43 Å². The molecule has 1 aromatic carbocycles. The maximum Gasteiger partial charge on any atom is 0.125 e. The Labute approximate surface area is 108 Å². The van der Waals surface area contributed by atoms with Gasteiger partial charge in [0, 0.05) is 0 Å². The van der Waals surface area contributed by atoms with Crippen LogP contribution in [0.15, 0.2) is 34.9 Å². The summed E-state index contributed by atoms with van der Waals surface area (Å²) in [6.07, 6.45) is 2.54. The van der Waals surface area contributed by atoms with Gasteiger partial charge in [-0.1, -0.05) is 23.8 Å². The molecule has 0 aliphatic heterocycles. The van der Waals surface area contributed by atoms with Crippen molar-refractivity contribution >= 4 is 0 Å².